The molecule has 5 aromatic rings. The van der Waals surface area contributed by atoms with Gasteiger partial charge in [0.2, 0.25) is 0 Å². The Morgan fingerprint density at radius 3 is 2.29 bits per heavy atom. The molecular weight excluding hydrogens is 450 g/mol. The van der Waals surface area contributed by atoms with Crippen LogP contribution in [0.25, 0.3) is 31.6 Å². The molecule has 8 nitrogen and oxygen atoms in total. The zero-order chi connectivity index (χ0) is 23.7. The molecule has 3 heterocycles. The van der Waals surface area contributed by atoms with Crippen LogP contribution in [0.1, 0.15) is 18.6 Å². The summed E-state index contributed by atoms with van der Waals surface area (Å²) in [5, 5.41) is 0.566. The van der Waals surface area contributed by atoms with E-state index >= 15 is 0 Å². The van der Waals surface area contributed by atoms with Gasteiger partial charge in [-0.3, -0.25) is 14.5 Å². The number of H-pyrrole nitrogens is 2. The molecule has 0 atom stereocenters. The van der Waals surface area contributed by atoms with Crippen molar-refractivity contribution in [2.24, 2.45) is 0 Å². The number of nitrogens with one attached hydrogen (secondary N) is 2. The molecule has 0 amide bonds. The number of fused-ring (bicyclic) bond motifs is 2. The summed E-state index contributed by atoms with van der Waals surface area (Å²) in [6, 6.07) is 16.9. The summed E-state index contributed by atoms with van der Waals surface area (Å²) in [6.45, 7) is 3.56. The fourth-order valence-electron chi connectivity index (χ4n) is 3.87. The van der Waals surface area contributed by atoms with Crippen LogP contribution in [0.4, 0.5) is 0 Å². The molecule has 0 radical (unpaired) electrons. The maximum Gasteiger partial charge on any atom is 0.268 e. The van der Waals surface area contributed by atoms with E-state index in [9.17, 15) is 9.59 Å². The Morgan fingerprint density at radius 2 is 1.59 bits per heavy atom. The first-order valence-corrected chi connectivity index (χ1v) is 11.7. The van der Waals surface area contributed by atoms with Crippen LogP contribution in [-0.4, -0.2) is 38.5 Å². The molecule has 0 spiro atoms. The number of rotatable bonds is 7. The van der Waals surface area contributed by atoms with Gasteiger partial charge < -0.3 is 14.7 Å². The molecule has 0 saturated heterocycles. The van der Waals surface area contributed by atoms with E-state index in [0.717, 1.165) is 16.2 Å². The highest BCUT2D eigenvalue weighted by molar-refractivity contribution is 7.22. The van der Waals surface area contributed by atoms with Crippen LogP contribution >= 0.6 is 11.3 Å². The van der Waals surface area contributed by atoms with E-state index in [0.29, 0.717) is 52.4 Å². The average molecular weight is 474 g/mol. The minimum atomic E-state index is -0.158. The van der Waals surface area contributed by atoms with Crippen LogP contribution in [0.5, 0.6) is 5.75 Å². The quantitative estimate of drug-likeness (QED) is 0.371. The van der Waals surface area contributed by atoms with E-state index in [4.69, 9.17) is 9.72 Å². The largest absolute Gasteiger partial charge is 0.497 e. The predicted octanol–water partition coefficient (Wildman–Crippen LogP) is 3.92. The highest BCUT2D eigenvalue weighted by atomic mass is 32.1. The molecule has 2 N–H and O–H groups in total. The molecule has 0 saturated carbocycles. The highest BCUT2D eigenvalue weighted by Gasteiger charge is 2.14. The van der Waals surface area contributed by atoms with Crippen LogP contribution in [-0.2, 0) is 13.1 Å². The number of ether oxygens (including phenoxy) is 1. The summed E-state index contributed by atoms with van der Waals surface area (Å²) >= 11 is 1.42. The normalized spacial score (nSPS) is 11.5. The van der Waals surface area contributed by atoms with Crippen molar-refractivity contribution in [2.75, 3.05) is 13.7 Å². The van der Waals surface area contributed by atoms with Crippen LogP contribution in [0, 0.1) is 0 Å². The van der Waals surface area contributed by atoms with E-state index in [2.05, 4.69) is 19.9 Å². The summed E-state index contributed by atoms with van der Waals surface area (Å²) < 4.78 is 5.82. The Bertz CT molecular complexity index is 1590. The van der Waals surface area contributed by atoms with Crippen LogP contribution in [0.15, 0.2) is 64.2 Å². The van der Waals surface area contributed by atoms with Gasteiger partial charge in [-0.15, -0.1) is 11.3 Å². The first-order chi connectivity index (χ1) is 16.5. The van der Waals surface area contributed by atoms with E-state index in [1.807, 2.05) is 55.5 Å². The number of aromatic amines is 2. The molecule has 34 heavy (non-hydrogen) atoms. The SMILES string of the molecule is CCN(Cc1nc2ccccc2c(=O)[nH]1)Cc1nc2cc(-c3ccc(OC)cc3)sc2c(=O)[nH]1. The average Bonchev–Trinajstić information content (AvgIpc) is 3.28. The minimum absolute atomic E-state index is 0.155. The summed E-state index contributed by atoms with van der Waals surface area (Å²) in [6.07, 6.45) is 0. The van der Waals surface area contributed by atoms with Crippen molar-refractivity contribution in [2.45, 2.75) is 20.0 Å². The van der Waals surface area contributed by atoms with Crippen molar-refractivity contribution >= 4 is 32.5 Å². The monoisotopic (exact) mass is 473 g/mol. The molecule has 0 aliphatic rings. The molecule has 3 aromatic heterocycles. The van der Waals surface area contributed by atoms with Crippen molar-refractivity contribution in [1.82, 2.24) is 24.8 Å². The number of methoxy groups -OCH3 is 1. The zero-order valence-electron chi connectivity index (χ0n) is 18.8. The Kier molecular flexibility index (Phi) is 5.95. The second-order valence-electron chi connectivity index (χ2n) is 7.90. The number of benzene rings is 2. The third-order valence-corrected chi connectivity index (χ3v) is 6.83. The summed E-state index contributed by atoms with van der Waals surface area (Å²) in [5.74, 6) is 1.93. The number of hydrogen-bond acceptors (Lipinski definition) is 7. The van der Waals surface area contributed by atoms with E-state index < -0.39 is 0 Å². The molecule has 0 aliphatic heterocycles. The van der Waals surface area contributed by atoms with Gasteiger partial charge in [-0.25, -0.2) is 9.97 Å². The van der Waals surface area contributed by atoms with E-state index in [-0.39, 0.29) is 11.1 Å². The third-order valence-electron chi connectivity index (χ3n) is 5.66. The molecule has 0 fully saturated rings. The van der Waals surface area contributed by atoms with Crippen molar-refractivity contribution in [3.63, 3.8) is 0 Å². The van der Waals surface area contributed by atoms with Gasteiger partial charge in [0.15, 0.2) is 0 Å². The molecule has 9 heteroatoms. The molecule has 5 rings (SSSR count). The maximum absolute atomic E-state index is 12.8. The Balaban J connectivity index is 1.41. The van der Waals surface area contributed by atoms with Crippen molar-refractivity contribution in [1.29, 1.82) is 0 Å². The van der Waals surface area contributed by atoms with Gasteiger partial charge in [0.25, 0.3) is 11.1 Å². The smallest absolute Gasteiger partial charge is 0.268 e. The highest BCUT2D eigenvalue weighted by Crippen LogP contribution is 2.31. The number of aromatic nitrogens is 4. The zero-order valence-corrected chi connectivity index (χ0v) is 19.6. The number of nitrogens with zero attached hydrogens (tertiary/aromatic N) is 3. The van der Waals surface area contributed by atoms with E-state index in [1.165, 1.54) is 11.3 Å². The molecule has 172 valence electrons. The first-order valence-electron chi connectivity index (χ1n) is 10.9. The standard InChI is InChI=1S/C25H23N5O3S/c1-3-30(13-21-26-18-7-5-4-6-17(18)24(31)28-21)14-22-27-19-12-20(34-23(19)25(32)29-22)15-8-10-16(33-2)11-9-15/h4-12H,3,13-14H2,1-2H3,(H,26,28,31)(H,27,29,32). The third kappa shape index (κ3) is 4.35. The number of para-hydroxylation sites is 1. The van der Waals surface area contributed by atoms with Gasteiger partial charge in [-0.2, -0.15) is 0 Å². The Hall–Kier alpha value is -3.82. The minimum Gasteiger partial charge on any atom is -0.497 e. The number of hydrogen-bond donors (Lipinski definition) is 2. The Morgan fingerprint density at radius 1 is 0.912 bits per heavy atom. The lowest BCUT2D eigenvalue weighted by Gasteiger charge is -2.19. The lowest BCUT2D eigenvalue weighted by molar-refractivity contribution is 0.258. The maximum atomic E-state index is 12.8. The lowest BCUT2D eigenvalue weighted by Crippen LogP contribution is -2.27. The second-order valence-corrected chi connectivity index (χ2v) is 8.95. The predicted molar refractivity (Wildman–Crippen MR) is 134 cm³/mol. The van der Waals surface area contributed by atoms with Crippen molar-refractivity contribution < 1.29 is 4.74 Å². The lowest BCUT2D eigenvalue weighted by atomic mass is 10.2. The van der Waals surface area contributed by atoms with Gasteiger partial charge in [0.1, 0.15) is 22.1 Å². The van der Waals surface area contributed by atoms with Gasteiger partial charge in [-0.1, -0.05) is 19.1 Å². The number of thiophene rings is 1. The van der Waals surface area contributed by atoms with Gasteiger partial charge in [0.05, 0.1) is 36.6 Å². The van der Waals surface area contributed by atoms with Crippen LogP contribution in [0.3, 0.4) is 0 Å². The van der Waals surface area contributed by atoms with Gasteiger partial charge >= 0.3 is 0 Å². The van der Waals surface area contributed by atoms with Crippen molar-refractivity contribution in [3.8, 4) is 16.2 Å². The Labute approximate surface area is 198 Å². The molecule has 0 bridgehead atoms. The molecule has 0 aliphatic carbocycles. The summed E-state index contributed by atoms with van der Waals surface area (Å²) in [7, 11) is 1.63. The second kappa shape index (κ2) is 9.20. The summed E-state index contributed by atoms with van der Waals surface area (Å²) in [5.41, 5.74) is 2.02. The topological polar surface area (TPSA) is 104 Å². The summed E-state index contributed by atoms with van der Waals surface area (Å²) in [4.78, 5) is 43.3. The fourth-order valence-corrected chi connectivity index (χ4v) is 4.87. The molecule has 2 aromatic carbocycles. The van der Waals surface area contributed by atoms with Crippen molar-refractivity contribution in [3.05, 3.63) is 87.0 Å². The first kappa shape index (κ1) is 22.0. The van der Waals surface area contributed by atoms with Crippen LogP contribution < -0.4 is 15.9 Å². The van der Waals surface area contributed by atoms with E-state index in [1.54, 1.807) is 13.2 Å². The molecule has 0 unspecified atom stereocenters. The van der Waals surface area contributed by atoms with Gasteiger partial charge in [0, 0.05) is 4.88 Å². The molecular formula is C25H23N5O3S. The van der Waals surface area contributed by atoms with Crippen LogP contribution in [0.2, 0.25) is 0 Å². The van der Waals surface area contributed by atoms with Gasteiger partial charge in [-0.05, 0) is 54.6 Å². The fraction of sp³-hybridized carbons (Fsp3) is 0.200.